The van der Waals surface area contributed by atoms with Crippen molar-refractivity contribution in [2.45, 2.75) is 24.8 Å². The van der Waals surface area contributed by atoms with Gasteiger partial charge in [-0.05, 0) is 44.2 Å². The SMILES string of the molecule is Cc1nc2ccc(S(=O)(=O)N3CCN(C[C@H](C)Nc4ncnc5c(-c6cccnc6)cccc45)CC3)cc2s1. The van der Waals surface area contributed by atoms with Gasteiger partial charge in [-0.1, -0.05) is 18.2 Å². The van der Waals surface area contributed by atoms with E-state index >= 15 is 0 Å². The first kappa shape index (κ1) is 25.8. The average molecular weight is 560 g/mol. The lowest BCUT2D eigenvalue weighted by Gasteiger charge is -2.35. The molecule has 0 amide bonds. The topological polar surface area (TPSA) is 104 Å². The number of hydrogen-bond acceptors (Lipinski definition) is 9. The average Bonchev–Trinajstić information content (AvgIpc) is 3.33. The predicted octanol–water partition coefficient (Wildman–Crippen LogP) is 4.42. The third-order valence-corrected chi connectivity index (χ3v) is 9.82. The number of nitrogens with zero attached hydrogens (tertiary/aromatic N) is 6. The Balaban J connectivity index is 1.11. The standard InChI is InChI=1S/C28H29N7O2S2/c1-19(32-28-24-7-3-6-23(27(24)30-18-31-28)21-5-4-10-29-16-21)17-34-11-13-35(14-12-34)39(36,37)22-8-9-25-26(15-22)38-20(2)33-25/h3-10,15-16,18-19H,11-14,17H2,1-2H3,(H,30,31,32)/t19-/m0/s1. The van der Waals surface area contributed by atoms with E-state index in [1.54, 1.807) is 35.0 Å². The Morgan fingerprint density at radius 1 is 1.05 bits per heavy atom. The van der Waals surface area contributed by atoms with E-state index in [0.717, 1.165) is 49.6 Å². The molecule has 1 aliphatic rings. The van der Waals surface area contributed by atoms with Crippen molar-refractivity contribution in [3.8, 4) is 11.1 Å². The van der Waals surface area contributed by atoms with E-state index in [4.69, 9.17) is 0 Å². The number of aromatic nitrogens is 4. The molecule has 5 aromatic rings. The number of rotatable bonds is 7. The lowest BCUT2D eigenvalue weighted by atomic mass is 10.0. The second-order valence-corrected chi connectivity index (χ2v) is 13.0. The van der Waals surface area contributed by atoms with Gasteiger partial charge >= 0.3 is 0 Å². The number of aryl methyl sites for hydroxylation is 1. The Morgan fingerprint density at radius 3 is 2.69 bits per heavy atom. The van der Waals surface area contributed by atoms with Gasteiger partial charge in [0.25, 0.3) is 0 Å². The molecule has 1 fully saturated rings. The smallest absolute Gasteiger partial charge is 0.243 e. The summed E-state index contributed by atoms with van der Waals surface area (Å²) in [7, 11) is -3.55. The highest BCUT2D eigenvalue weighted by Gasteiger charge is 2.29. The van der Waals surface area contributed by atoms with Crippen LogP contribution in [0.3, 0.4) is 0 Å². The van der Waals surface area contributed by atoms with Crippen LogP contribution in [0.25, 0.3) is 32.2 Å². The van der Waals surface area contributed by atoms with Crippen LogP contribution in [0, 0.1) is 6.92 Å². The van der Waals surface area contributed by atoms with Crippen molar-refractivity contribution in [2.75, 3.05) is 38.0 Å². The Bertz CT molecular complexity index is 1730. The van der Waals surface area contributed by atoms with Crippen molar-refractivity contribution in [1.82, 2.24) is 29.1 Å². The number of piperazine rings is 1. The molecule has 200 valence electrons. The summed E-state index contributed by atoms with van der Waals surface area (Å²) in [6.45, 7) is 7.08. The highest BCUT2D eigenvalue weighted by molar-refractivity contribution is 7.89. The summed E-state index contributed by atoms with van der Waals surface area (Å²) >= 11 is 1.52. The molecule has 4 heterocycles. The predicted molar refractivity (Wildman–Crippen MR) is 155 cm³/mol. The molecule has 0 aliphatic carbocycles. The molecule has 1 atom stereocenters. The third kappa shape index (κ3) is 5.22. The largest absolute Gasteiger partial charge is 0.366 e. The molecule has 2 aromatic carbocycles. The minimum absolute atomic E-state index is 0.102. The molecule has 0 spiro atoms. The summed E-state index contributed by atoms with van der Waals surface area (Å²) in [5.41, 5.74) is 3.74. The first-order chi connectivity index (χ1) is 18.9. The van der Waals surface area contributed by atoms with Gasteiger partial charge in [-0.15, -0.1) is 11.3 Å². The number of pyridine rings is 1. The monoisotopic (exact) mass is 559 g/mol. The zero-order chi connectivity index (χ0) is 27.0. The van der Waals surface area contributed by atoms with Crippen LogP contribution in [-0.2, 0) is 10.0 Å². The fourth-order valence-corrected chi connectivity index (χ4v) is 7.50. The highest BCUT2D eigenvalue weighted by atomic mass is 32.2. The number of nitrogens with one attached hydrogen (secondary N) is 1. The number of hydrogen-bond donors (Lipinski definition) is 1. The van der Waals surface area contributed by atoms with Gasteiger partial charge in [0, 0.05) is 67.7 Å². The highest BCUT2D eigenvalue weighted by Crippen LogP contribution is 2.30. The first-order valence-corrected chi connectivity index (χ1v) is 15.1. The van der Waals surface area contributed by atoms with Crippen molar-refractivity contribution in [3.05, 3.63) is 72.3 Å². The van der Waals surface area contributed by atoms with E-state index in [1.807, 2.05) is 43.5 Å². The third-order valence-electron chi connectivity index (χ3n) is 6.99. The van der Waals surface area contributed by atoms with E-state index in [1.165, 1.54) is 11.3 Å². The van der Waals surface area contributed by atoms with E-state index < -0.39 is 10.0 Å². The Morgan fingerprint density at radius 2 is 1.90 bits per heavy atom. The van der Waals surface area contributed by atoms with Crippen molar-refractivity contribution in [2.24, 2.45) is 0 Å². The normalized spacial score (nSPS) is 16.1. The van der Waals surface area contributed by atoms with Crippen LogP contribution < -0.4 is 5.32 Å². The number of fused-ring (bicyclic) bond motifs is 2. The number of para-hydroxylation sites is 1. The van der Waals surface area contributed by atoms with Gasteiger partial charge in [-0.2, -0.15) is 4.31 Å². The van der Waals surface area contributed by atoms with Gasteiger partial charge in [0.1, 0.15) is 12.1 Å². The molecule has 1 aliphatic heterocycles. The minimum Gasteiger partial charge on any atom is -0.366 e. The van der Waals surface area contributed by atoms with E-state index in [9.17, 15) is 8.42 Å². The Kier molecular flexibility index (Phi) is 6.98. The second-order valence-electron chi connectivity index (χ2n) is 9.78. The van der Waals surface area contributed by atoms with Crippen LogP contribution in [0.1, 0.15) is 11.9 Å². The maximum absolute atomic E-state index is 13.3. The van der Waals surface area contributed by atoms with Crippen LogP contribution in [0.5, 0.6) is 0 Å². The number of anilines is 1. The summed E-state index contributed by atoms with van der Waals surface area (Å²) in [6.07, 6.45) is 5.19. The van der Waals surface area contributed by atoms with Crippen molar-refractivity contribution in [1.29, 1.82) is 0 Å². The van der Waals surface area contributed by atoms with Gasteiger partial charge in [0.2, 0.25) is 10.0 Å². The van der Waals surface area contributed by atoms with Gasteiger partial charge in [-0.25, -0.2) is 23.4 Å². The second kappa shape index (κ2) is 10.6. The molecule has 1 N–H and O–H groups in total. The van der Waals surface area contributed by atoms with Crippen molar-refractivity contribution < 1.29 is 8.42 Å². The van der Waals surface area contributed by atoms with Gasteiger partial charge in [-0.3, -0.25) is 9.88 Å². The quantitative estimate of drug-likeness (QED) is 0.313. The molecule has 9 nitrogen and oxygen atoms in total. The lowest BCUT2D eigenvalue weighted by molar-refractivity contribution is 0.184. The van der Waals surface area contributed by atoms with Gasteiger partial charge < -0.3 is 5.32 Å². The van der Waals surface area contributed by atoms with Gasteiger partial charge in [0.05, 0.1) is 25.6 Å². The Hall–Kier alpha value is -3.51. The molecule has 6 rings (SSSR count). The molecule has 0 saturated carbocycles. The summed E-state index contributed by atoms with van der Waals surface area (Å²) < 4.78 is 29.1. The van der Waals surface area contributed by atoms with Crippen LogP contribution in [0.15, 0.2) is 72.1 Å². The van der Waals surface area contributed by atoms with Crippen LogP contribution in [0.4, 0.5) is 5.82 Å². The summed E-state index contributed by atoms with van der Waals surface area (Å²) in [6, 6.07) is 15.3. The number of sulfonamides is 1. The van der Waals surface area contributed by atoms with Crippen molar-refractivity contribution >= 4 is 48.3 Å². The molecule has 1 saturated heterocycles. The molecule has 39 heavy (non-hydrogen) atoms. The number of thiazole rings is 1. The van der Waals surface area contributed by atoms with E-state index in [0.29, 0.717) is 31.1 Å². The molecular weight excluding hydrogens is 530 g/mol. The summed E-state index contributed by atoms with van der Waals surface area (Å²) in [4.78, 5) is 20.4. The number of benzene rings is 2. The fourth-order valence-electron chi connectivity index (χ4n) is 5.11. The van der Waals surface area contributed by atoms with E-state index in [-0.39, 0.29) is 6.04 Å². The molecular formula is C28H29N7O2S2. The zero-order valence-electron chi connectivity index (χ0n) is 21.8. The first-order valence-electron chi connectivity index (χ1n) is 12.9. The molecule has 0 bridgehead atoms. The molecule has 0 radical (unpaired) electrons. The molecule has 0 unspecified atom stereocenters. The molecule has 11 heteroatoms. The van der Waals surface area contributed by atoms with Gasteiger partial charge in [0.15, 0.2) is 0 Å². The maximum Gasteiger partial charge on any atom is 0.243 e. The van der Waals surface area contributed by atoms with Crippen molar-refractivity contribution in [3.63, 3.8) is 0 Å². The summed E-state index contributed by atoms with van der Waals surface area (Å²) in [5.74, 6) is 0.785. The molecule has 3 aromatic heterocycles. The van der Waals surface area contributed by atoms with Crippen LogP contribution in [0.2, 0.25) is 0 Å². The summed E-state index contributed by atoms with van der Waals surface area (Å²) in [5, 5.41) is 5.44. The lowest BCUT2D eigenvalue weighted by Crippen LogP contribution is -2.50. The fraction of sp³-hybridized carbons (Fsp3) is 0.286. The van der Waals surface area contributed by atoms with E-state index in [2.05, 4.69) is 37.1 Å². The zero-order valence-corrected chi connectivity index (χ0v) is 23.4. The van der Waals surface area contributed by atoms with Crippen LogP contribution in [-0.4, -0.2) is 76.3 Å². The maximum atomic E-state index is 13.3. The Labute approximate surface area is 231 Å². The minimum atomic E-state index is -3.55. The van der Waals surface area contributed by atoms with Crippen LogP contribution >= 0.6 is 11.3 Å².